The molecule has 0 N–H and O–H groups in total. The van der Waals surface area contributed by atoms with Gasteiger partial charge in [-0.15, -0.1) is 0 Å². The van der Waals surface area contributed by atoms with Crippen LogP contribution in [0, 0.1) is 0 Å². The van der Waals surface area contributed by atoms with Gasteiger partial charge in [-0.3, -0.25) is 0 Å². The minimum Gasteiger partial charge on any atom is -0.0764 e. The Morgan fingerprint density at radius 3 is 1.21 bits per heavy atom. The van der Waals surface area contributed by atoms with Crippen molar-refractivity contribution < 1.29 is 0 Å². The van der Waals surface area contributed by atoms with E-state index in [1.807, 2.05) is 0 Å². The summed E-state index contributed by atoms with van der Waals surface area (Å²) < 4.78 is 0. The second-order valence-electron chi connectivity index (χ2n) is 6.12. The van der Waals surface area contributed by atoms with Crippen LogP contribution in [0.1, 0.15) is 13.8 Å². The van der Waals surface area contributed by atoms with Gasteiger partial charge in [0.15, 0.2) is 0 Å². The summed E-state index contributed by atoms with van der Waals surface area (Å²) in [6, 6.07) is 32.7. The van der Waals surface area contributed by atoms with Gasteiger partial charge in [0.1, 0.15) is 0 Å². The van der Waals surface area contributed by atoms with E-state index in [0.717, 1.165) is 0 Å². The Morgan fingerprint density at radius 1 is 0.583 bits per heavy atom. The number of allylic oxidation sites excluding steroid dienone is 2. The van der Waals surface area contributed by atoms with Crippen LogP contribution in [0.5, 0.6) is 0 Å². The van der Waals surface area contributed by atoms with Gasteiger partial charge < -0.3 is 0 Å². The van der Waals surface area contributed by atoms with E-state index in [0.29, 0.717) is 0 Å². The van der Waals surface area contributed by atoms with Gasteiger partial charge in [0.05, 0.1) is 0 Å². The average Bonchev–Trinajstić information content (AvgIpc) is 2.65. The molecular formula is C23H23P. The molecule has 0 aliphatic heterocycles. The maximum absolute atomic E-state index is 2.45. The van der Waals surface area contributed by atoms with Crippen LogP contribution in [-0.4, -0.2) is 5.80 Å². The van der Waals surface area contributed by atoms with Crippen molar-refractivity contribution in [3.8, 4) is 0 Å². The number of benzene rings is 3. The lowest BCUT2D eigenvalue weighted by molar-refractivity contribution is 1.41. The first-order valence-electron chi connectivity index (χ1n) is 8.28. The van der Waals surface area contributed by atoms with Crippen LogP contribution >= 0.6 is 6.89 Å². The molecule has 3 aromatic rings. The lowest BCUT2D eigenvalue weighted by Crippen LogP contribution is -2.26. The summed E-state index contributed by atoms with van der Waals surface area (Å²) in [7, 11) is 0. The SMILES string of the molecule is CC(C)=CC=P(c1ccccc1)(c1ccccc1)c1ccccc1. The lowest BCUT2D eigenvalue weighted by Gasteiger charge is -2.28. The van der Waals surface area contributed by atoms with Gasteiger partial charge in [-0.2, -0.15) is 0 Å². The van der Waals surface area contributed by atoms with Crippen LogP contribution in [0.15, 0.2) is 103 Å². The summed E-state index contributed by atoms with van der Waals surface area (Å²) in [6.45, 7) is 2.51. The Morgan fingerprint density at radius 2 is 0.917 bits per heavy atom. The molecule has 0 heterocycles. The standard InChI is InChI=1S/C23H23P/c1-20(2)18-19-24(21-12-6-3-7-13-21,22-14-8-4-9-15-22)23-16-10-5-11-17-23/h3-19H,1-2H3. The summed E-state index contributed by atoms with van der Waals surface area (Å²) >= 11 is 0. The highest BCUT2D eigenvalue weighted by molar-refractivity contribution is 7.94. The summed E-state index contributed by atoms with van der Waals surface area (Å²) in [5.74, 6) is 2.45. The minimum atomic E-state index is -1.81. The highest BCUT2D eigenvalue weighted by Gasteiger charge is 2.23. The van der Waals surface area contributed by atoms with Crippen LogP contribution in [0.3, 0.4) is 0 Å². The van der Waals surface area contributed by atoms with E-state index in [4.69, 9.17) is 0 Å². The average molecular weight is 330 g/mol. The molecule has 0 radical (unpaired) electrons. The molecule has 0 spiro atoms. The third-order valence-electron chi connectivity index (χ3n) is 4.12. The predicted octanol–water partition coefficient (Wildman–Crippen LogP) is 4.75. The Hall–Kier alpha value is -2.30. The van der Waals surface area contributed by atoms with E-state index in [9.17, 15) is 0 Å². The smallest absolute Gasteiger partial charge is 0.0160 e. The molecular weight excluding hydrogens is 307 g/mol. The molecule has 0 aliphatic carbocycles. The minimum absolute atomic E-state index is 1.32. The monoisotopic (exact) mass is 330 g/mol. The van der Waals surface area contributed by atoms with Crippen LogP contribution in [0.4, 0.5) is 0 Å². The first kappa shape index (κ1) is 16.6. The largest absolute Gasteiger partial charge is 0.0764 e. The maximum Gasteiger partial charge on any atom is -0.0160 e. The molecule has 0 amide bonds. The number of hydrogen-bond acceptors (Lipinski definition) is 0. The molecule has 0 nitrogen and oxygen atoms in total. The highest BCUT2D eigenvalue weighted by atomic mass is 31.2. The third kappa shape index (κ3) is 3.30. The molecule has 3 aromatic carbocycles. The van der Waals surface area contributed by atoms with Crippen molar-refractivity contribution in [1.82, 2.24) is 0 Å². The summed E-state index contributed by atoms with van der Waals surface area (Å²) in [5.41, 5.74) is 1.32. The number of rotatable bonds is 4. The zero-order valence-electron chi connectivity index (χ0n) is 14.3. The molecule has 0 aromatic heterocycles. The summed E-state index contributed by atoms with van der Waals surface area (Å²) in [4.78, 5) is 0. The Kier molecular flexibility index (Phi) is 5.18. The van der Waals surface area contributed by atoms with Crippen LogP contribution in [-0.2, 0) is 0 Å². The maximum atomic E-state index is 2.45. The van der Waals surface area contributed by atoms with Crippen LogP contribution in [0.2, 0.25) is 0 Å². The summed E-state index contributed by atoms with van der Waals surface area (Å²) in [6.07, 6.45) is 2.28. The van der Waals surface area contributed by atoms with Crippen LogP contribution < -0.4 is 15.9 Å². The first-order chi connectivity index (χ1) is 11.7. The molecule has 24 heavy (non-hydrogen) atoms. The Balaban J connectivity index is 2.42. The zero-order chi connectivity index (χ0) is 16.8. The first-order valence-corrected chi connectivity index (χ1v) is 10.1. The van der Waals surface area contributed by atoms with Crippen molar-refractivity contribution in [3.05, 3.63) is 103 Å². The van der Waals surface area contributed by atoms with E-state index in [1.165, 1.54) is 21.5 Å². The highest BCUT2D eigenvalue weighted by Crippen LogP contribution is 2.43. The second kappa shape index (κ2) is 7.51. The lowest BCUT2D eigenvalue weighted by atomic mass is 10.3. The molecule has 0 fully saturated rings. The van der Waals surface area contributed by atoms with Gasteiger partial charge in [0.2, 0.25) is 0 Å². The van der Waals surface area contributed by atoms with Crippen molar-refractivity contribution >= 4 is 28.6 Å². The van der Waals surface area contributed by atoms with Crippen molar-refractivity contribution in [3.63, 3.8) is 0 Å². The fourth-order valence-corrected chi connectivity index (χ4v) is 6.82. The van der Waals surface area contributed by atoms with E-state index < -0.39 is 6.89 Å². The molecule has 0 saturated carbocycles. The van der Waals surface area contributed by atoms with Gasteiger partial charge >= 0.3 is 0 Å². The van der Waals surface area contributed by atoms with Gasteiger partial charge in [0, 0.05) is 0 Å². The van der Waals surface area contributed by atoms with Gasteiger partial charge in [-0.1, -0.05) is 108 Å². The van der Waals surface area contributed by atoms with E-state index in [2.05, 4.69) is 117 Å². The molecule has 0 bridgehead atoms. The molecule has 0 atom stereocenters. The van der Waals surface area contributed by atoms with Crippen LogP contribution in [0.25, 0.3) is 0 Å². The topological polar surface area (TPSA) is 0 Å². The van der Waals surface area contributed by atoms with Gasteiger partial charge in [-0.05, 0) is 36.6 Å². The van der Waals surface area contributed by atoms with Crippen molar-refractivity contribution in [2.24, 2.45) is 0 Å². The van der Waals surface area contributed by atoms with Crippen molar-refractivity contribution in [2.45, 2.75) is 13.8 Å². The van der Waals surface area contributed by atoms with E-state index in [-0.39, 0.29) is 0 Å². The fourth-order valence-electron chi connectivity index (χ4n) is 2.96. The predicted molar refractivity (Wildman–Crippen MR) is 111 cm³/mol. The molecule has 0 aliphatic rings. The van der Waals surface area contributed by atoms with Crippen molar-refractivity contribution in [1.29, 1.82) is 0 Å². The second-order valence-corrected chi connectivity index (χ2v) is 9.42. The Bertz CT molecular complexity index is 752. The number of hydrogen-bond donors (Lipinski definition) is 0. The van der Waals surface area contributed by atoms with Gasteiger partial charge in [-0.25, -0.2) is 0 Å². The molecule has 1 heteroatoms. The third-order valence-corrected chi connectivity index (χ3v) is 8.06. The zero-order valence-corrected chi connectivity index (χ0v) is 15.2. The molecule has 3 rings (SSSR count). The quantitative estimate of drug-likeness (QED) is 0.606. The summed E-state index contributed by atoms with van der Waals surface area (Å²) in [5, 5.41) is 4.17. The molecule has 0 saturated heterocycles. The van der Waals surface area contributed by atoms with Crippen molar-refractivity contribution in [2.75, 3.05) is 0 Å². The fraction of sp³-hybridized carbons (Fsp3) is 0.0870. The van der Waals surface area contributed by atoms with E-state index in [1.54, 1.807) is 0 Å². The molecule has 0 unspecified atom stereocenters. The van der Waals surface area contributed by atoms with Gasteiger partial charge in [0.25, 0.3) is 0 Å². The molecule has 120 valence electrons. The van der Waals surface area contributed by atoms with E-state index >= 15 is 0 Å². The Labute approximate surface area is 145 Å². The normalized spacial score (nSPS) is 10.9.